The van der Waals surface area contributed by atoms with Crippen molar-refractivity contribution in [2.75, 3.05) is 0 Å². The molecule has 4 heteroatoms. The largest absolute Gasteiger partial charge is 0.411 e. The average molecular weight is 434 g/mol. The normalized spacial score (nSPS) is 49.5. The van der Waals surface area contributed by atoms with Gasteiger partial charge in [-0.05, 0) is 85.9 Å². The van der Waals surface area contributed by atoms with Crippen LogP contribution in [0.25, 0.3) is 0 Å². The third kappa shape index (κ3) is 3.59. The van der Waals surface area contributed by atoms with E-state index >= 15 is 0 Å². The molecule has 31 heavy (non-hydrogen) atoms. The van der Waals surface area contributed by atoms with Gasteiger partial charge in [0.05, 0.1) is 11.8 Å². The van der Waals surface area contributed by atoms with E-state index in [-0.39, 0.29) is 5.41 Å². The van der Waals surface area contributed by atoms with Crippen LogP contribution in [0.15, 0.2) is 5.16 Å². The third-order valence-corrected chi connectivity index (χ3v) is 11.0. The number of aliphatic hydroxyl groups excluding tert-OH is 1. The number of aliphatic hydroxyl groups is 2. The molecule has 4 fully saturated rings. The zero-order chi connectivity index (χ0) is 22.6. The first-order chi connectivity index (χ1) is 14.6. The minimum Gasteiger partial charge on any atom is -0.411 e. The van der Waals surface area contributed by atoms with Gasteiger partial charge < -0.3 is 15.4 Å². The second-order valence-electron chi connectivity index (χ2n) is 12.8. The minimum atomic E-state index is -1.16. The highest BCUT2D eigenvalue weighted by atomic mass is 16.4. The van der Waals surface area contributed by atoms with Gasteiger partial charge in [-0.15, -0.1) is 0 Å². The second-order valence-corrected chi connectivity index (χ2v) is 12.8. The number of oxime groups is 1. The Bertz CT molecular complexity index is 692. The van der Waals surface area contributed by atoms with Crippen molar-refractivity contribution in [1.29, 1.82) is 0 Å². The summed E-state index contributed by atoms with van der Waals surface area (Å²) in [6.45, 7) is 11.9. The van der Waals surface area contributed by atoms with E-state index in [1.165, 1.54) is 44.9 Å². The van der Waals surface area contributed by atoms with Crippen LogP contribution in [0.1, 0.15) is 105 Å². The first-order valence-corrected chi connectivity index (χ1v) is 13.2. The highest BCUT2D eigenvalue weighted by Crippen LogP contribution is 2.68. The molecule has 0 amide bonds. The summed E-state index contributed by atoms with van der Waals surface area (Å²) in [6.07, 6.45) is 11.2. The van der Waals surface area contributed by atoms with Crippen molar-refractivity contribution < 1.29 is 15.4 Å². The van der Waals surface area contributed by atoms with Gasteiger partial charge in [0, 0.05) is 11.8 Å². The van der Waals surface area contributed by atoms with Crippen LogP contribution < -0.4 is 0 Å². The zero-order valence-electron chi connectivity index (χ0n) is 20.6. The smallest absolute Gasteiger partial charge is 0.114 e. The van der Waals surface area contributed by atoms with Crippen molar-refractivity contribution in [2.24, 2.45) is 51.5 Å². The van der Waals surface area contributed by atoms with E-state index in [0.29, 0.717) is 41.7 Å². The van der Waals surface area contributed by atoms with Crippen LogP contribution in [0, 0.1) is 46.3 Å². The molecule has 0 aliphatic heterocycles. The van der Waals surface area contributed by atoms with E-state index < -0.39 is 11.7 Å². The first kappa shape index (κ1) is 23.5. The number of fused-ring (bicyclic) bond motifs is 5. The van der Waals surface area contributed by atoms with Crippen molar-refractivity contribution in [1.82, 2.24) is 0 Å². The van der Waals surface area contributed by atoms with E-state index in [9.17, 15) is 15.4 Å². The molecule has 4 nitrogen and oxygen atoms in total. The molecule has 178 valence electrons. The molecule has 0 aromatic heterocycles. The minimum absolute atomic E-state index is 0.293. The van der Waals surface area contributed by atoms with Crippen LogP contribution in [0.5, 0.6) is 0 Å². The Labute approximate surface area is 189 Å². The third-order valence-electron chi connectivity index (χ3n) is 11.0. The van der Waals surface area contributed by atoms with Crippen LogP contribution in [0.4, 0.5) is 0 Å². The fraction of sp³-hybridized carbons (Fsp3) is 0.963. The molecule has 0 radical (unpaired) electrons. The molecule has 4 aliphatic carbocycles. The molecule has 0 aromatic carbocycles. The topological polar surface area (TPSA) is 73.1 Å². The van der Waals surface area contributed by atoms with E-state index in [4.69, 9.17) is 0 Å². The Morgan fingerprint density at radius 2 is 1.74 bits per heavy atom. The van der Waals surface area contributed by atoms with E-state index in [1.54, 1.807) is 0 Å². The Morgan fingerprint density at radius 1 is 1.00 bits per heavy atom. The lowest BCUT2D eigenvalue weighted by atomic mass is 9.42. The molecule has 3 N–H and O–H groups in total. The summed E-state index contributed by atoms with van der Waals surface area (Å²) in [5.41, 5.74) is -0.526. The Morgan fingerprint density at radius 3 is 2.42 bits per heavy atom. The maximum absolute atomic E-state index is 11.8. The second kappa shape index (κ2) is 8.31. The molecular weight excluding hydrogens is 386 g/mol. The van der Waals surface area contributed by atoms with E-state index in [0.717, 1.165) is 30.6 Å². The maximum Gasteiger partial charge on any atom is 0.114 e. The predicted molar refractivity (Wildman–Crippen MR) is 125 cm³/mol. The van der Waals surface area contributed by atoms with Gasteiger partial charge in [-0.2, -0.15) is 0 Å². The molecular formula is C27H47NO3. The Hall–Kier alpha value is -0.610. The lowest BCUT2D eigenvalue weighted by Gasteiger charge is -2.63. The van der Waals surface area contributed by atoms with Gasteiger partial charge in [0.15, 0.2) is 0 Å². The van der Waals surface area contributed by atoms with Crippen molar-refractivity contribution in [3.63, 3.8) is 0 Å². The predicted octanol–water partition coefficient (Wildman–Crippen LogP) is 6.02. The van der Waals surface area contributed by atoms with Crippen molar-refractivity contribution in [3.05, 3.63) is 0 Å². The highest BCUT2D eigenvalue weighted by Gasteiger charge is 2.67. The van der Waals surface area contributed by atoms with Gasteiger partial charge in [-0.25, -0.2) is 0 Å². The van der Waals surface area contributed by atoms with Crippen molar-refractivity contribution in [3.8, 4) is 0 Å². The van der Waals surface area contributed by atoms with E-state index in [2.05, 4.69) is 39.8 Å². The van der Waals surface area contributed by atoms with E-state index in [1.807, 2.05) is 0 Å². The molecule has 0 aromatic rings. The number of rotatable bonds is 5. The average Bonchev–Trinajstić information content (AvgIpc) is 3.05. The van der Waals surface area contributed by atoms with Crippen LogP contribution in [-0.4, -0.2) is 32.8 Å². The summed E-state index contributed by atoms with van der Waals surface area (Å²) >= 11 is 0. The Balaban J connectivity index is 1.57. The fourth-order valence-corrected chi connectivity index (χ4v) is 9.19. The van der Waals surface area contributed by atoms with Crippen molar-refractivity contribution in [2.45, 2.75) is 117 Å². The summed E-state index contributed by atoms with van der Waals surface area (Å²) in [4.78, 5) is 0. The highest BCUT2D eigenvalue weighted by molar-refractivity contribution is 5.94. The van der Waals surface area contributed by atoms with Gasteiger partial charge in [0.1, 0.15) is 5.60 Å². The monoisotopic (exact) mass is 433 g/mol. The van der Waals surface area contributed by atoms with Crippen molar-refractivity contribution >= 4 is 5.71 Å². The Kier molecular flexibility index (Phi) is 6.31. The molecule has 0 spiro atoms. The van der Waals surface area contributed by atoms with Gasteiger partial charge in [-0.1, -0.05) is 59.0 Å². The quantitative estimate of drug-likeness (QED) is 0.366. The van der Waals surface area contributed by atoms with Gasteiger partial charge in [0.2, 0.25) is 0 Å². The molecule has 4 rings (SSSR count). The van der Waals surface area contributed by atoms with Crippen LogP contribution in [0.2, 0.25) is 0 Å². The molecule has 0 bridgehead atoms. The number of hydrogen-bond acceptors (Lipinski definition) is 4. The fourth-order valence-electron chi connectivity index (χ4n) is 9.19. The van der Waals surface area contributed by atoms with Gasteiger partial charge >= 0.3 is 0 Å². The molecule has 0 unspecified atom stereocenters. The van der Waals surface area contributed by atoms with Crippen LogP contribution in [-0.2, 0) is 0 Å². The molecule has 0 saturated heterocycles. The SMILES string of the molecule is CC(C)CCC[C@@H](C)[C@H]1CC[C@H]2[C@@H]3C/C(=N\O)[C@]4(O)C[C@H](O)CC[C@]4(C)[C@H]3CC[C@]12C. The zero-order valence-corrected chi connectivity index (χ0v) is 20.6. The summed E-state index contributed by atoms with van der Waals surface area (Å²) in [6, 6.07) is 0. The standard InChI is InChI=1S/C27H47NO3/c1-17(2)7-6-8-18(3)21-9-10-22-20-15-24(28-31)27(30)16-19(29)11-14-26(27,5)23(20)12-13-25(21,22)4/h17-23,29-31H,6-16H2,1-5H3/b28-24+/t18-,19-,20+,21-,22+,23+,25-,26-,27-/m1/s1. The summed E-state index contributed by atoms with van der Waals surface area (Å²) < 4.78 is 0. The number of hydrogen-bond donors (Lipinski definition) is 3. The summed E-state index contributed by atoms with van der Waals surface area (Å²) in [7, 11) is 0. The van der Waals surface area contributed by atoms with Gasteiger partial charge in [0.25, 0.3) is 0 Å². The van der Waals surface area contributed by atoms with Gasteiger partial charge in [-0.3, -0.25) is 0 Å². The van der Waals surface area contributed by atoms with Crippen LogP contribution >= 0.6 is 0 Å². The molecule has 4 saturated carbocycles. The summed E-state index contributed by atoms with van der Waals surface area (Å²) in [5.74, 6) is 3.98. The maximum atomic E-state index is 11.8. The molecule has 0 heterocycles. The molecule has 9 atom stereocenters. The first-order valence-electron chi connectivity index (χ1n) is 13.2. The summed E-state index contributed by atoms with van der Waals surface area (Å²) in [5, 5.41) is 35.7. The number of nitrogens with zero attached hydrogens (tertiary/aromatic N) is 1. The molecule has 4 aliphatic rings. The van der Waals surface area contributed by atoms with Crippen LogP contribution in [0.3, 0.4) is 0 Å². The lowest BCUT2D eigenvalue weighted by Crippen LogP contribution is -2.67. The lowest BCUT2D eigenvalue weighted by molar-refractivity contribution is -0.170.